The van der Waals surface area contributed by atoms with Gasteiger partial charge in [-0.3, -0.25) is 15.0 Å². The molecule has 210 valence electrons. The lowest BCUT2D eigenvalue weighted by atomic mass is 10.0. The number of pyridine rings is 2. The molecule has 13 heteroatoms. The highest BCUT2D eigenvalue weighted by atomic mass is 35.5. The number of nitrogens with zero attached hydrogens (tertiary/aromatic N) is 5. The Kier molecular flexibility index (Phi) is 11.0. The molecule has 0 aliphatic carbocycles. The maximum Gasteiger partial charge on any atom is 0.328 e. The van der Waals surface area contributed by atoms with Gasteiger partial charge in [0.25, 0.3) is 0 Å². The van der Waals surface area contributed by atoms with Crippen molar-refractivity contribution in [2.75, 3.05) is 68.0 Å². The molecular weight excluding hydrogens is 542 g/mol. The Bertz CT molecular complexity index is 1220. The second kappa shape index (κ2) is 14.2. The van der Waals surface area contributed by atoms with Crippen LogP contribution in [0.25, 0.3) is 0 Å². The van der Waals surface area contributed by atoms with E-state index in [9.17, 15) is 14.9 Å². The molecule has 0 spiro atoms. The number of nitriles is 1. The van der Waals surface area contributed by atoms with Crippen molar-refractivity contribution >= 4 is 53.4 Å². The van der Waals surface area contributed by atoms with Crippen LogP contribution in [-0.2, 0) is 22.5 Å². The highest BCUT2D eigenvalue weighted by Gasteiger charge is 2.29. The van der Waals surface area contributed by atoms with Crippen molar-refractivity contribution in [3.8, 4) is 11.9 Å². The number of thioether (sulfide) groups is 1. The molecule has 1 saturated heterocycles. The quantitative estimate of drug-likeness (QED) is 0.431. The van der Waals surface area contributed by atoms with Crippen LogP contribution < -0.4 is 20.3 Å². The predicted molar refractivity (Wildman–Crippen MR) is 154 cm³/mol. The van der Waals surface area contributed by atoms with Gasteiger partial charge in [0.05, 0.1) is 37.4 Å². The fourth-order valence-corrected chi connectivity index (χ4v) is 4.92. The van der Waals surface area contributed by atoms with Crippen molar-refractivity contribution in [1.82, 2.24) is 14.9 Å². The number of hydrogen-bond donors (Lipinski definition) is 2. The van der Waals surface area contributed by atoms with E-state index in [0.29, 0.717) is 61.6 Å². The topological polar surface area (TPSA) is 133 Å². The lowest BCUT2D eigenvalue weighted by Gasteiger charge is -2.30. The smallest absolute Gasteiger partial charge is 0.328 e. The SMILES string of the molecule is COc1nc2c(cc1CN(C)C(=O)C1CCOC1)CCCN2C(=O)Nc1cc(NCCSC)c(C#N)cn1.Cl. The molecule has 2 aliphatic heterocycles. The summed E-state index contributed by atoms with van der Waals surface area (Å²) in [5.74, 6) is 2.05. The average molecular weight is 576 g/mol. The Morgan fingerprint density at radius 2 is 2.21 bits per heavy atom. The minimum absolute atomic E-state index is 0. The van der Waals surface area contributed by atoms with Crippen LogP contribution in [0.1, 0.15) is 29.5 Å². The maximum atomic E-state index is 13.3. The second-order valence-corrected chi connectivity index (χ2v) is 10.2. The largest absolute Gasteiger partial charge is 0.481 e. The van der Waals surface area contributed by atoms with Gasteiger partial charge in [0.2, 0.25) is 11.8 Å². The van der Waals surface area contributed by atoms with E-state index in [1.165, 1.54) is 13.3 Å². The van der Waals surface area contributed by atoms with Gasteiger partial charge in [0.15, 0.2) is 0 Å². The summed E-state index contributed by atoms with van der Waals surface area (Å²) in [6.45, 7) is 2.60. The molecule has 1 unspecified atom stereocenters. The molecule has 0 radical (unpaired) electrons. The number of carbonyl (C=O) groups excluding carboxylic acids is 2. The van der Waals surface area contributed by atoms with Crippen molar-refractivity contribution in [1.29, 1.82) is 5.26 Å². The van der Waals surface area contributed by atoms with Crippen LogP contribution in [0.5, 0.6) is 5.88 Å². The van der Waals surface area contributed by atoms with Gasteiger partial charge in [-0.05, 0) is 37.1 Å². The lowest BCUT2D eigenvalue weighted by Crippen LogP contribution is -2.40. The molecule has 2 aliphatic rings. The van der Waals surface area contributed by atoms with Crippen LogP contribution in [0.2, 0.25) is 0 Å². The minimum Gasteiger partial charge on any atom is -0.481 e. The fraction of sp³-hybridized carbons (Fsp3) is 0.500. The van der Waals surface area contributed by atoms with Gasteiger partial charge in [0, 0.05) is 50.3 Å². The Balaban J connectivity index is 0.00000420. The average Bonchev–Trinajstić information content (AvgIpc) is 3.47. The van der Waals surface area contributed by atoms with Gasteiger partial charge < -0.3 is 19.7 Å². The number of carbonyl (C=O) groups is 2. The molecule has 2 N–H and O–H groups in total. The summed E-state index contributed by atoms with van der Waals surface area (Å²) in [4.78, 5) is 38.3. The van der Waals surface area contributed by atoms with E-state index in [4.69, 9.17) is 9.47 Å². The summed E-state index contributed by atoms with van der Waals surface area (Å²) >= 11 is 1.70. The number of fused-ring (bicyclic) bond motifs is 1. The molecule has 0 saturated carbocycles. The number of aryl methyl sites for hydroxylation is 1. The van der Waals surface area contributed by atoms with Gasteiger partial charge in [-0.1, -0.05) is 0 Å². The van der Waals surface area contributed by atoms with Crippen LogP contribution >= 0.6 is 24.2 Å². The lowest BCUT2D eigenvalue weighted by molar-refractivity contribution is -0.134. The first-order valence-electron chi connectivity index (χ1n) is 12.6. The van der Waals surface area contributed by atoms with Crippen molar-refractivity contribution in [3.05, 3.63) is 35.0 Å². The van der Waals surface area contributed by atoms with E-state index in [1.54, 1.807) is 34.7 Å². The molecule has 1 atom stereocenters. The summed E-state index contributed by atoms with van der Waals surface area (Å²) < 4.78 is 10.9. The number of urea groups is 1. The zero-order valence-corrected chi connectivity index (χ0v) is 24.0. The second-order valence-electron chi connectivity index (χ2n) is 9.23. The Hall–Kier alpha value is -3.27. The number of rotatable bonds is 9. The van der Waals surface area contributed by atoms with E-state index < -0.39 is 0 Å². The van der Waals surface area contributed by atoms with Crippen LogP contribution in [0.3, 0.4) is 0 Å². The molecule has 0 aromatic carbocycles. The van der Waals surface area contributed by atoms with Gasteiger partial charge >= 0.3 is 6.03 Å². The van der Waals surface area contributed by atoms with Crippen molar-refractivity contribution < 1.29 is 19.1 Å². The van der Waals surface area contributed by atoms with E-state index in [-0.39, 0.29) is 30.3 Å². The molecule has 1 fully saturated rings. The number of nitrogens with one attached hydrogen (secondary N) is 2. The Morgan fingerprint density at radius 3 is 2.90 bits per heavy atom. The third-order valence-electron chi connectivity index (χ3n) is 6.58. The van der Waals surface area contributed by atoms with Crippen molar-refractivity contribution in [2.45, 2.75) is 25.8 Å². The number of aromatic nitrogens is 2. The van der Waals surface area contributed by atoms with Crippen LogP contribution in [0, 0.1) is 17.2 Å². The summed E-state index contributed by atoms with van der Waals surface area (Å²) in [5, 5.41) is 15.5. The zero-order valence-electron chi connectivity index (χ0n) is 22.4. The van der Waals surface area contributed by atoms with Crippen LogP contribution in [-0.4, -0.2) is 79.3 Å². The van der Waals surface area contributed by atoms with E-state index in [0.717, 1.165) is 36.1 Å². The standard InChI is InChI=1S/C26H33N7O4S.ClH/c1-32(25(34)18-6-9-37-16-18)15-19-11-17-5-4-8-33(23(17)31-24(19)36-2)26(35)30-22-12-21(28-7-10-38-3)20(13-27)14-29-22;/h11-12,14,18H,4-10,15-16H2,1-3H3,(H2,28,29,30,35);1H. The fourth-order valence-electron chi connectivity index (χ4n) is 4.61. The number of methoxy groups -OCH3 is 1. The van der Waals surface area contributed by atoms with Crippen molar-refractivity contribution in [2.24, 2.45) is 5.92 Å². The predicted octanol–water partition coefficient (Wildman–Crippen LogP) is 3.53. The van der Waals surface area contributed by atoms with Crippen molar-refractivity contribution in [3.63, 3.8) is 0 Å². The first-order chi connectivity index (χ1) is 18.4. The van der Waals surface area contributed by atoms with Gasteiger partial charge in [-0.25, -0.2) is 9.78 Å². The Morgan fingerprint density at radius 1 is 1.38 bits per heavy atom. The van der Waals surface area contributed by atoms with Gasteiger partial charge in [-0.15, -0.1) is 12.4 Å². The molecule has 4 rings (SSSR count). The Labute approximate surface area is 239 Å². The monoisotopic (exact) mass is 575 g/mol. The van der Waals surface area contributed by atoms with E-state index in [2.05, 4.69) is 26.7 Å². The molecule has 3 amide bonds. The summed E-state index contributed by atoms with van der Waals surface area (Å²) in [5.41, 5.74) is 2.74. The van der Waals surface area contributed by atoms with Crippen LogP contribution in [0.15, 0.2) is 18.3 Å². The van der Waals surface area contributed by atoms with Gasteiger partial charge in [0.1, 0.15) is 17.7 Å². The number of ether oxygens (including phenoxy) is 2. The van der Waals surface area contributed by atoms with E-state index >= 15 is 0 Å². The molecule has 2 aromatic heterocycles. The summed E-state index contributed by atoms with van der Waals surface area (Å²) in [6, 6.07) is 5.40. The highest BCUT2D eigenvalue weighted by molar-refractivity contribution is 7.98. The molecule has 0 bridgehead atoms. The zero-order chi connectivity index (χ0) is 27.1. The number of amides is 3. The third-order valence-corrected chi connectivity index (χ3v) is 7.20. The summed E-state index contributed by atoms with van der Waals surface area (Å²) in [6.07, 6.45) is 5.72. The highest BCUT2D eigenvalue weighted by Crippen LogP contribution is 2.32. The number of anilines is 3. The van der Waals surface area contributed by atoms with E-state index in [1.807, 2.05) is 12.3 Å². The van der Waals surface area contributed by atoms with Gasteiger partial charge in [-0.2, -0.15) is 22.0 Å². The minimum atomic E-state index is -0.367. The number of hydrogen-bond acceptors (Lipinski definition) is 9. The molecular formula is C26H34ClN7O4S. The third kappa shape index (κ3) is 7.23. The maximum absolute atomic E-state index is 13.3. The molecule has 2 aromatic rings. The molecule has 4 heterocycles. The first kappa shape index (κ1) is 30.3. The first-order valence-corrected chi connectivity index (χ1v) is 14.0. The normalized spacial score (nSPS) is 15.9. The van der Waals surface area contributed by atoms with Crippen LogP contribution in [0.4, 0.5) is 22.1 Å². The summed E-state index contributed by atoms with van der Waals surface area (Å²) in [7, 11) is 3.30. The number of halogens is 1. The molecule has 11 nitrogen and oxygen atoms in total. The molecule has 39 heavy (non-hydrogen) atoms.